The minimum absolute atomic E-state index is 0.177. The topological polar surface area (TPSA) is 53.0 Å². The van der Waals surface area contributed by atoms with Crippen molar-refractivity contribution in [2.45, 2.75) is 19.5 Å². The zero-order valence-electron chi connectivity index (χ0n) is 12.6. The number of nitrogens with zero attached hydrogens (tertiary/aromatic N) is 2. The molecule has 0 aliphatic rings. The zero-order chi connectivity index (χ0) is 15.2. The van der Waals surface area contributed by atoms with Crippen LogP contribution in [0.15, 0.2) is 48.5 Å². The second-order valence-electron chi connectivity index (χ2n) is 5.39. The summed E-state index contributed by atoms with van der Waals surface area (Å²) in [5, 5.41) is 8.97. The molecule has 0 aliphatic carbocycles. The first-order chi connectivity index (χ1) is 10.1. The van der Waals surface area contributed by atoms with Gasteiger partial charge in [-0.05, 0) is 37.2 Å². The van der Waals surface area contributed by atoms with Crippen molar-refractivity contribution >= 4 is 0 Å². The van der Waals surface area contributed by atoms with Gasteiger partial charge in [-0.3, -0.25) is 4.90 Å². The van der Waals surface area contributed by atoms with Gasteiger partial charge in [-0.25, -0.2) is 0 Å². The average molecular weight is 279 g/mol. The van der Waals surface area contributed by atoms with Crippen molar-refractivity contribution in [1.82, 2.24) is 4.90 Å². The number of likely N-dealkylation sites (N-methyl/N-ethyl adjacent to an activating group) is 1. The molecule has 108 valence electrons. The molecule has 2 aromatic carbocycles. The standard InChI is InChI=1S/C18H21N3/c1-14-6-8-17(9-7-14)18(12-20)21(2)13-16-5-3-4-15(10-16)11-19/h3-10,18H,12-13,20H2,1-2H3. The first-order valence-corrected chi connectivity index (χ1v) is 7.10. The van der Waals surface area contributed by atoms with Crippen molar-refractivity contribution < 1.29 is 0 Å². The van der Waals surface area contributed by atoms with E-state index in [0.717, 1.165) is 12.1 Å². The van der Waals surface area contributed by atoms with E-state index in [9.17, 15) is 0 Å². The van der Waals surface area contributed by atoms with E-state index in [1.807, 2.05) is 24.3 Å². The molecule has 3 nitrogen and oxygen atoms in total. The molecule has 3 heteroatoms. The molecule has 1 atom stereocenters. The fraction of sp³-hybridized carbons (Fsp3) is 0.278. The molecule has 0 aromatic heterocycles. The Labute approximate surface area is 126 Å². The molecule has 0 bridgehead atoms. The van der Waals surface area contributed by atoms with Crippen LogP contribution in [0.5, 0.6) is 0 Å². The number of nitriles is 1. The monoisotopic (exact) mass is 279 g/mol. The molecular weight excluding hydrogens is 258 g/mol. The smallest absolute Gasteiger partial charge is 0.0991 e. The van der Waals surface area contributed by atoms with Gasteiger partial charge in [0.2, 0.25) is 0 Å². The molecule has 2 N–H and O–H groups in total. The second kappa shape index (κ2) is 7.03. The van der Waals surface area contributed by atoms with E-state index >= 15 is 0 Å². The van der Waals surface area contributed by atoms with Gasteiger partial charge in [0.25, 0.3) is 0 Å². The Morgan fingerprint density at radius 3 is 2.52 bits per heavy atom. The number of aryl methyl sites for hydroxylation is 1. The Hall–Kier alpha value is -2.15. The molecule has 0 saturated heterocycles. The van der Waals surface area contributed by atoms with Crippen LogP contribution in [0.4, 0.5) is 0 Å². The third kappa shape index (κ3) is 3.91. The summed E-state index contributed by atoms with van der Waals surface area (Å²) in [5.74, 6) is 0. The third-order valence-corrected chi connectivity index (χ3v) is 3.71. The Kier molecular flexibility index (Phi) is 5.10. The summed E-state index contributed by atoms with van der Waals surface area (Å²) in [6.45, 7) is 3.42. The lowest BCUT2D eigenvalue weighted by Gasteiger charge is -2.27. The van der Waals surface area contributed by atoms with E-state index in [4.69, 9.17) is 11.0 Å². The molecule has 0 radical (unpaired) electrons. The number of benzene rings is 2. The van der Waals surface area contributed by atoms with Crippen molar-refractivity contribution in [3.05, 3.63) is 70.8 Å². The van der Waals surface area contributed by atoms with Gasteiger partial charge < -0.3 is 5.73 Å². The van der Waals surface area contributed by atoms with Gasteiger partial charge in [0, 0.05) is 19.1 Å². The summed E-state index contributed by atoms with van der Waals surface area (Å²) < 4.78 is 0. The average Bonchev–Trinajstić information content (AvgIpc) is 2.50. The van der Waals surface area contributed by atoms with Crippen LogP contribution in [0.2, 0.25) is 0 Å². The predicted octanol–water partition coefficient (Wildman–Crippen LogP) is 3.00. The third-order valence-electron chi connectivity index (χ3n) is 3.71. The van der Waals surface area contributed by atoms with Crippen LogP contribution in [-0.2, 0) is 6.54 Å². The van der Waals surface area contributed by atoms with E-state index < -0.39 is 0 Å². The van der Waals surface area contributed by atoms with Gasteiger partial charge in [0.05, 0.1) is 11.6 Å². The summed E-state index contributed by atoms with van der Waals surface area (Å²) in [6.07, 6.45) is 0. The highest BCUT2D eigenvalue weighted by Gasteiger charge is 2.15. The Bertz CT molecular complexity index is 626. The normalized spacial score (nSPS) is 12.1. The summed E-state index contributed by atoms with van der Waals surface area (Å²) in [7, 11) is 2.07. The highest BCUT2D eigenvalue weighted by atomic mass is 15.1. The zero-order valence-corrected chi connectivity index (χ0v) is 12.6. The van der Waals surface area contributed by atoms with E-state index in [1.54, 1.807) is 0 Å². The van der Waals surface area contributed by atoms with Crippen molar-refractivity contribution in [2.24, 2.45) is 5.73 Å². The minimum atomic E-state index is 0.177. The maximum atomic E-state index is 8.97. The molecule has 0 aliphatic heterocycles. The minimum Gasteiger partial charge on any atom is -0.329 e. The largest absolute Gasteiger partial charge is 0.329 e. The SMILES string of the molecule is Cc1ccc(C(CN)N(C)Cc2cccc(C#N)c2)cc1. The maximum absolute atomic E-state index is 8.97. The molecule has 0 saturated carbocycles. The lowest BCUT2D eigenvalue weighted by Crippen LogP contribution is -2.30. The Balaban J connectivity index is 2.14. The number of hydrogen-bond acceptors (Lipinski definition) is 3. The van der Waals surface area contributed by atoms with Crippen LogP contribution in [0.1, 0.15) is 28.3 Å². The molecule has 0 heterocycles. The fourth-order valence-corrected chi connectivity index (χ4v) is 2.50. The highest BCUT2D eigenvalue weighted by molar-refractivity contribution is 5.33. The maximum Gasteiger partial charge on any atom is 0.0991 e. The van der Waals surface area contributed by atoms with Crippen LogP contribution in [-0.4, -0.2) is 18.5 Å². The molecule has 1 unspecified atom stereocenters. The van der Waals surface area contributed by atoms with Crippen LogP contribution in [0.25, 0.3) is 0 Å². The summed E-state index contributed by atoms with van der Waals surface area (Å²) in [4.78, 5) is 2.22. The number of hydrogen-bond donors (Lipinski definition) is 1. The lowest BCUT2D eigenvalue weighted by atomic mass is 10.0. The molecular formula is C18H21N3. The molecule has 0 fully saturated rings. The van der Waals surface area contributed by atoms with E-state index in [0.29, 0.717) is 12.1 Å². The molecule has 0 spiro atoms. The predicted molar refractivity (Wildman–Crippen MR) is 85.6 cm³/mol. The van der Waals surface area contributed by atoms with Gasteiger partial charge in [-0.1, -0.05) is 42.0 Å². The van der Waals surface area contributed by atoms with E-state index in [-0.39, 0.29) is 6.04 Å². The number of nitrogens with two attached hydrogens (primary N) is 1. The van der Waals surface area contributed by atoms with Gasteiger partial charge in [0.1, 0.15) is 0 Å². The van der Waals surface area contributed by atoms with Crippen molar-refractivity contribution in [3.63, 3.8) is 0 Å². The van der Waals surface area contributed by atoms with Gasteiger partial charge in [-0.2, -0.15) is 5.26 Å². The first-order valence-electron chi connectivity index (χ1n) is 7.10. The summed E-state index contributed by atoms with van der Waals surface area (Å²) >= 11 is 0. The van der Waals surface area contributed by atoms with Crippen LogP contribution >= 0.6 is 0 Å². The number of rotatable bonds is 5. The quantitative estimate of drug-likeness (QED) is 0.915. The van der Waals surface area contributed by atoms with Crippen molar-refractivity contribution in [3.8, 4) is 6.07 Å². The highest BCUT2D eigenvalue weighted by Crippen LogP contribution is 2.21. The molecule has 2 rings (SSSR count). The van der Waals surface area contributed by atoms with Gasteiger partial charge >= 0.3 is 0 Å². The Morgan fingerprint density at radius 1 is 1.19 bits per heavy atom. The summed E-state index contributed by atoms with van der Waals surface area (Å²) in [5.41, 5.74) is 10.3. The fourth-order valence-electron chi connectivity index (χ4n) is 2.50. The van der Waals surface area contributed by atoms with Crippen molar-refractivity contribution in [1.29, 1.82) is 5.26 Å². The Morgan fingerprint density at radius 2 is 1.90 bits per heavy atom. The van der Waals surface area contributed by atoms with Crippen LogP contribution in [0.3, 0.4) is 0 Å². The van der Waals surface area contributed by atoms with Crippen LogP contribution < -0.4 is 5.73 Å². The van der Waals surface area contributed by atoms with Gasteiger partial charge in [0.15, 0.2) is 0 Å². The second-order valence-corrected chi connectivity index (χ2v) is 5.39. The molecule has 21 heavy (non-hydrogen) atoms. The van der Waals surface area contributed by atoms with E-state index in [2.05, 4.69) is 49.2 Å². The molecule has 2 aromatic rings. The summed E-state index contributed by atoms with van der Waals surface area (Å²) in [6, 6.07) is 18.6. The van der Waals surface area contributed by atoms with Crippen molar-refractivity contribution in [2.75, 3.05) is 13.6 Å². The van der Waals surface area contributed by atoms with Crippen LogP contribution in [0, 0.1) is 18.3 Å². The van der Waals surface area contributed by atoms with Gasteiger partial charge in [-0.15, -0.1) is 0 Å². The lowest BCUT2D eigenvalue weighted by molar-refractivity contribution is 0.242. The van der Waals surface area contributed by atoms with E-state index in [1.165, 1.54) is 11.1 Å². The molecule has 0 amide bonds. The first kappa shape index (κ1) is 15.2.